The Morgan fingerprint density at radius 3 is 2.37 bits per heavy atom. The lowest BCUT2D eigenvalue weighted by Crippen LogP contribution is -2.19. The van der Waals surface area contributed by atoms with Crippen LogP contribution >= 0.6 is 23.1 Å². The molecule has 1 heterocycles. The first-order valence-corrected chi connectivity index (χ1v) is 11.3. The Morgan fingerprint density at radius 1 is 0.967 bits per heavy atom. The lowest BCUT2D eigenvalue weighted by Gasteiger charge is -2.07. The lowest BCUT2D eigenvalue weighted by atomic mass is 9.97. The van der Waals surface area contributed by atoms with Gasteiger partial charge in [0.2, 0.25) is 0 Å². The first-order chi connectivity index (χ1) is 14.8. The van der Waals surface area contributed by atoms with Gasteiger partial charge in [-0.25, -0.2) is 10.4 Å². The molecular weight excluding hydrogens is 410 g/mol. The van der Waals surface area contributed by atoms with Gasteiger partial charge in [-0.05, 0) is 39.7 Å². The zero-order chi connectivity index (χ0) is 20.3. The van der Waals surface area contributed by atoms with Gasteiger partial charge >= 0.3 is 0 Å². The van der Waals surface area contributed by atoms with Crippen molar-refractivity contribution in [1.82, 2.24) is 10.4 Å². The van der Waals surface area contributed by atoms with E-state index in [1.165, 1.54) is 11.8 Å². The van der Waals surface area contributed by atoms with Crippen molar-refractivity contribution in [2.24, 2.45) is 5.10 Å². The fraction of sp³-hybridized carbons (Fsp3) is 0.0417. The first-order valence-electron chi connectivity index (χ1n) is 9.49. The second kappa shape index (κ2) is 8.26. The van der Waals surface area contributed by atoms with Gasteiger partial charge in [0, 0.05) is 5.56 Å². The summed E-state index contributed by atoms with van der Waals surface area (Å²) in [4.78, 5) is 16.8. The van der Waals surface area contributed by atoms with Crippen LogP contribution in [0.25, 0.3) is 31.8 Å². The minimum absolute atomic E-state index is 0.153. The highest BCUT2D eigenvalue weighted by atomic mass is 32.2. The van der Waals surface area contributed by atoms with Crippen LogP contribution in [0, 0.1) is 0 Å². The summed E-state index contributed by atoms with van der Waals surface area (Å²) in [6.07, 6.45) is 1.74. The molecule has 6 heteroatoms. The molecule has 0 bridgehead atoms. The molecule has 30 heavy (non-hydrogen) atoms. The first kappa shape index (κ1) is 18.8. The van der Waals surface area contributed by atoms with Crippen LogP contribution < -0.4 is 5.43 Å². The smallest absolute Gasteiger partial charge is 0.250 e. The van der Waals surface area contributed by atoms with Gasteiger partial charge in [0.15, 0.2) is 4.34 Å². The van der Waals surface area contributed by atoms with E-state index in [-0.39, 0.29) is 11.7 Å². The van der Waals surface area contributed by atoms with Gasteiger partial charge in [-0.3, -0.25) is 4.79 Å². The van der Waals surface area contributed by atoms with E-state index >= 15 is 0 Å². The van der Waals surface area contributed by atoms with Crippen molar-refractivity contribution in [3.05, 3.63) is 84.4 Å². The number of amides is 1. The summed E-state index contributed by atoms with van der Waals surface area (Å²) in [6, 6.07) is 26.6. The molecule has 0 aliphatic heterocycles. The largest absolute Gasteiger partial charge is 0.272 e. The zero-order valence-electron chi connectivity index (χ0n) is 15.9. The second-order valence-electron chi connectivity index (χ2n) is 6.76. The van der Waals surface area contributed by atoms with Crippen LogP contribution in [0.5, 0.6) is 0 Å². The van der Waals surface area contributed by atoms with Crippen LogP contribution in [0.4, 0.5) is 0 Å². The van der Waals surface area contributed by atoms with E-state index in [1.807, 2.05) is 48.5 Å². The maximum atomic E-state index is 12.3. The molecule has 0 aliphatic rings. The molecule has 0 saturated carbocycles. The molecule has 1 aromatic heterocycles. The van der Waals surface area contributed by atoms with Crippen LogP contribution in [0.1, 0.15) is 5.56 Å². The molecule has 0 unspecified atom stereocenters. The van der Waals surface area contributed by atoms with Crippen molar-refractivity contribution in [2.45, 2.75) is 4.34 Å². The third-order valence-electron chi connectivity index (χ3n) is 4.80. The van der Waals surface area contributed by atoms with E-state index in [0.29, 0.717) is 0 Å². The minimum Gasteiger partial charge on any atom is -0.272 e. The van der Waals surface area contributed by atoms with E-state index in [1.54, 1.807) is 17.6 Å². The van der Waals surface area contributed by atoms with Crippen molar-refractivity contribution in [2.75, 3.05) is 5.75 Å². The predicted molar refractivity (Wildman–Crippen MR) is 128 cm³/mol. The number of thiazole rings is 1. The Kier molecular flexibility index (Phi) is 5.17. The molecular formula is C24H17N3OS2. The van der Waals surface area contributed by atoms with E-state index in [2.05, 4.69) is 45.8 Å². The third kappa shape index (κ3) is 3.79. The van der Waals surface area contributed by atoms with Crippen LogP contribution in [-0.2, 0) is 4.79 Å². The number of fused-ring (bicyclic) bond motifs is 3. The predicted octanol–water partition coefficient (Wildman–Crippen LogP) is 5.85. The molecule has 1 amide bonds. The quantitative estimate of drug-likeness (QED) is 0.166. The number of carbonyl (C=O) groups is 1. The Balaban J connectivity index is 1.32. The normalized spacial score (nSPS) is 11.6. The number of nitrogens with one attached hydrogen (secondary N) is 1. The number of thioether (sulfide) groups is 1. The van der Waals surface area contributed by atoms with Gasteiger partial charge in [-0.15, -0.1) is 11.3 Å². The van der Waals surface area contributed by atoms with Gasteiger partial charge in [0.05, 0.1) is 22.2 Å². The van der Waals surface area contributed by atoms with Gasteiger partial charge in [0.25, 0.3) is 5.91 Å². The molecule has 0 saturated heterocycles. The summed E-state index contributed by atoms with van der Waals surface area (Å²) >= 11 is 3.02. The monoisotopic (exact) mass is 427 g/mol. The highest BCUT2D eigenvalue weighted by Gasteiger charge is 2.08. The fourth-order valence-electron chi connectivity index (χ4n) is 3.43. The summed E-state index contributed by atoms with van der Waals surface area (Å²) in [5.41, 5.74) is 4.62. The standard InChI is InChI=1S/C24H17N3OS2/c28-23(15-29-24-26-21-11-5-6-12-22(21)30-24)27-25-14-20-18-9-3-1-7-16(18)13-17-8-2-4-10-19(17)20/h1-14H,15H2,(H,27,28). The minimum atomic E-state index is -0.153. The van der Waals surface area contributed by atoms with Crippen LogP contribution in [0.15, 0.2) is 88.3 Å². The summed E-state index contributed by atoms with van der Waals surface area (Å²) in [5.74, 6) is 0.119. The Morgan fingerprint density at radius 2 is 1.63 bits per heavy atom. The van der Waals surface area contributed by atoms with E-state index in [9.17, 15) is 4.79 Å². The van der Waals surface area contributed by atoms with Crippen molar-refractivity contribution in [1.29, 1.82) is 0 Å². The van der Waals surface area contributed by atoms with Crippen molar-refractivity contribution in [3.63, 3.8) is 0 Å². The van der Waals surface area contributed by atoms with Crippen molar-refractivity contribution < 1.29 is 4.79 Å². The van der Waals surface area contributed by atoms with Gasteiger partial charge in [-0.1, -0.05) is 72.4 Å². The molecule has 0 fully saturated rings. The molecule has 4 aromatic carbocycles. The molecule has 146 valence electrons. The third-order valence-corrected chi connectivity index (χ3v) is 6.98. The number of carbonyl (C=O) groups excluding carboxylic acids is 1. The molecule has 5 aromatic rings. The summed E-state index contributed by atoms with van der Waals surface area (Å²) in [6.45, 7) is 0. The summed E-state index contributed by atoms with van der Waals surface area (Å²) in [5, 5.41) is 8.76. The highest BCUT2D eigenvalue weighted by Crippen LogP contribution is 2.29. The number of rotatable bonds is 5. The van der Waals surface area contributed by atoms with E-state index < -0.39 is 0 Å². The second-order valence-corrected chi connectivity index (χ2v) is 9.01. The highest BCUT2D eigenvalue weighted by molar-refractivity contribution is 8.01. The SMILES string of the molecule is O=C(CSc1nc2ccccc2s1)NN=Cc1c2ccccc2cc2ccccc12. The fourth-order valence-corrected chi connectivity index (χ4v) is 5.29. The van der Waals surface area contributed by atoms with Crippen molar-refractivity contribution in [3.8, 4) is 0 Å². The Bertz CT molecular complexity index is 1320. The number of aromatic nitrogens is 1. The number of hydrazone groups is 1. The van der Waals surface area contributed by atoms with Crippen LogP contribution in [0.3, 0.4) is 0 Å². The Labute approximate surface area is 181 Å². The number of hydrogen-bond acceptors (Lipinski definition) is 5. The van der Waals surface area contributed by atoms with Gasteiger partial charge in [-0.2, -0.15) is 5.10 Å². The van der Waals surface area contributed by atoms with Crippen LogP contribution in [-0.4, -0.2) is 22.9 Å². The number of nitrogens with zero attached hydrogens (tertiary/aromatic N) is 2. The molecule has 0 aliphatic carbocycles. The maximum absolute atomic E-state index is 12.3. The molecule has 0 spiro atoms. The molecule has 4 nitrogen and oxygen atoms in total. The summed E-state index contributed by atoms with van der Waals surface area (Å²) in [7, 11) is 0. The van der Waals surface area contributed by atoms with Crippen LogP contribution in [0.2, 0.25) is 0 Å². The number of hydrogen-bond donors (Lipinski definition) is 1. The van der Waals surface area contributed by atoms with Gasteiger partial charge in [0.1, 0.15) is 0 Å². The van der Waals surface area contributed by atoms with Crippen molar-refractivity contribution >= 4 is 67.0 Å². The van der Waals surface area contributed by atoms with E-state index in [0.717, 1.165) is 41.7 Å². The molecule has 5 rings (SSSR count). The summed E-state index contributed by atoms with van der Waals surface area (Å²) < 4.78 is 2.01. The lowest BCUT2D eigenvalue weighted by molar-refractivity contribution is -0.118. The molecule has 0 atom stereocenters. The topological polar surface area (TPSA) is 54.4 Å². The Hall–Kier alpha value is -3.22. The maximum Gasteiger partial charge on any atom is 0.250 e. The molecule has 0 radical (unpaired) electrons. The average Bonchev–Trinajstić information content (AvgIpc) is 3.20. The number of para-hydroxylation sites is 1. The number of benzene rings is 4. The molecule has 1 N–H and O–H groups in total. The average molecular weight is 428 g/mol. The zero-order valence-corrected chi connectivity index (χ0v) is 17.5. The van der Waals surface area contributed by atoms with E-state index in [4.69, 9.17) is 0 Å². The van der Waals surface area contributed by atoms with Gasteiger partial charge < -0.3 is 0 Å².